The zero-order valence-corrected chi connectivity index (χ0v) is 14.1. The quantitative estimate of drug-likeness (QED) is 0.870. The molecule has 2 aromatic carbocycles. The van der Waals surface area contributed by atoms with Crippen molar-refractivity contribution in [3.8, 4) is 0 Å². The minimum absolute atomic E-state index is 0.0746. The number of benzene rings is 2. The summed E-state index contributed by atoms with van der Waals surface area (Å²) >= 11 is 0. The number of rotatable bonds is 4. The Kier molecular flexibility index (Phi) is 4.11. The van der Waals surface area contributed by atoms with Crippen LogP contribution < -0.4 is 5.43 Å². The van der Waals surface area contributed by atoms with Crippen molar-refractivity contribution in [1.82, 2.24) is 15.3 Å². The van der Waals surface area contributed by atoms with Gasteiger partial charge < -0.3 is 0 Å². The van der Waals surface area contributed by atoms with Gasteiger partial charge in [0.05, 0.1) is 12.0 Å². The van der Waals surface area contributed by atoms with Crippen molar-refractivity contribution in [2.75, 3.05) is 6.54 Å². The van der Waals surface area contributed by atoms with Gasteiger partial charge in [-0.25, -0.2) is 10.4 Å². The second-order valence-corrected chi connectivity index (χ2v) is 6.52. The van der Waals surface area contributed by atoms with Gasteiger partial charge in [0.15, 0.2) is 0 Å². The summed E-state index contributed by atoms with van der Waals surface area (Å²) in [6, 6.07) is 19.3. The molecule has 0 bridgehead atoms. The number of nitrogens with zero attached hydrogens (tertiary/aromatic N) is 2. The first kappa shape index (κ1) is 16.0. The average molecular weight is 335 g/mol. The SMILES string of the molecule is CCN1C(=O)[C@H]2[C@@H](c3ccccc3)NN(Cc3ccccc3)[C@@H]2C1=O. The van der Waals surface area contributed by atoms with Crippen LogP contribution >= 0.6 is 0 Å². The first-order chi connectivity index (χ1) is 12.2. The van der Waals surface area contributed by atoms with E-state index in [4.69, 9.17) is 0 Å². The number of hydrazine groups is 1. The van der Waals surface area contributed by atoms with Gasteiger partial charge >= 0.3 is 0 Å². The van der Waals surface area contributed by atoms with Crippen LogP contribution in [0.4, 0.5) is 0 Å². The molecule has 5 nitrogen and oxygen atoms in total. The molecule has 0 aliphatic carbocycles. The molecule has 0 aromatic heterocycles. The molecular formula is C20H21N3O2. The highest BCUT2D eigenvalue weighted by Gasteiger charge is 2.57. The van der Waals surface area contributed by atoms with E-state index in [2.05, 4.69) is 5.43 Å². The van der Waals surface area contributed by atoms with Crippen molar-refractivity contribution >= 4 is 11.8 Å². The third kappa shape index (κ3) is 2.65. The van der Waals surface area contributed by atoms with E-state index in [1.807, 2.05) is 72.6 Å². The summed E-state index contributed by atoms with van der Waals surface area (Å²) in [5.74, 6) is -0.549. The highest BCUT2D eigenvalue weighted by molar-refractivity contribution is 6.07. The van der Waals surface area contributed by atoms with E-state index in [9.17, 15) is 9.59 Å². The van der Waals surface area contributed by atoms with Crippen LogP contribution in [0.2, 0.25) is 0 Å². The molecular weight excluding hydrogens is 314 g/mol. The second-order valence-electron chi connectivity index (χ2n) is 6.52. The van der Waals surface area contributed by atoms with Crippen molar-refractivity contribution in [3.05, 3.63) is 71.8 Å². The number of likely N-dealkylation sites (N-methyl/N-ethyl adjacent to an activating group) is 1. The van der Waals surface area contributed by atoms with Crippen molar-refractivity contribution < 1.29 is 9.59 Å². The number of hydrogen-bond donors (Lipinski definition) is 1. The van der Waals surface area contributed by atoms with Crippen molar-refractivity contribution in [3.63, 3.8) is 0 Å². The summed E-state index contributed by atoms with van der Waals surface area (Å²) in [6.07, 6.45) is 0. The van der Waals surface area contributed by atoms with E-state index in [1.165, 1.54) is 4.90 Å². The molecule has 2 aliphatic heterocycles. The molecule has 128 valence electrons. The highest BCUT2D eigenvalue weighted by Crippen LogP contribution is 2.40. The number of amides is 2. The average Bonchev–Trinajstić information content (AvgIpc) is 3.14. The molecule has 5 heteroatoms. The first-order valence-corrected chi connectivity index (χ1v) is 8.67. The molecule has 0 radical (unpaired) electrons. The van der Waals surface area contributed by atoms with E-state index in [1.54, 1.807) is 0 Å². The van der Waals surface area contributed by atoms with Gasteiger partial charge in [0.2, 0.25) is 11.8 Å². The van der Waals surface area contributed by atoms with Gasteiger partial charge in [-0.15, -0.1) is 0 Å². The predicted octanol–water partition coefficient (Wildman–Crippen LogP) is 2.12. The largest absolute Gasteiger partial charge is 0.281 e. The third-order valence-corrected chi connectivity index (χ3v) is 5.08. The molecule has 2 amide bonds. The summed E-state index contributed by atoms with van der Waals surface area (Å²) in [5, 5.41) is 1.94. The second kappa shape index (κ2) is 6.43. The predicted molar refractivity (Wildman–Crippen MR) is 94.0 cm³/mol. The van der Waals surface area contributed by atoms with Crippen LogP contribution in [0.1, 0.15) is 24.1 Å². The van der Waals surface area contributed by atoms with Crippen molar-refractivity contribution in [2.24, 2.45) is 5.92 Å². The molecule has 2 heterocycles. The van der Waals surface area contributed by atoms with Crippen LogP contribution in [0.3, 0.4) is 0 Å². The lowest BCUT2D eigenvalue weighted by atomic mass is 9.91. The number of imide groups is 1. The Morgan fingerprint density at radius 2 is 1.56 bits per heavy atom. The molecule has 3 atom stereocenters. The summed E-state index contributed by atoms with van der Waals surface area (Å²) in [5.41, 5.74) is 5.57. The van der Waals surface area contributed by atoms with Crippen LogP contribution in [0.5, 0.6) is 0 Å². The lowest BCUT2D eigenvalue weighted by molar-refractivity contribution is -0.141. The number of likely N-dealkylation sites (tertiary alicyclic amines) is 1. The van der Waals surface area contributed by atoms with Crippen LogP contribution in [-0.4, -0.2) is 34.3 Å². The fraction of sp³-hybridized carbons (Fsp3) is 0.300. The summed E-state index contributed by atoms with van der Waals surface area (Å²) in [4.78, 5) is 27.1. The number of carbonyl (C=O) groups excluding carboxylic acids is 2. The maximum Gasteiger partial charge on any atom is 0.248 e. The Morgan fingerprint density at radius 1 is 0.920 bits per heavy atom. The fourth-order valence-corrected chi connectivity index (χ4v) is 3.91. The van der Waals surface area contributed by atoms with Crippen LogP contribution in [0.15, 0.2) is 60.7 Å². The lowest BCUT2D eigenvalue weighted by Crippen LogP contribution is -2.44. The molecule has 0 spiro atoms. The van der Waals surface area contributed by atoms with Gasteiger partial charge in [-0.05, 0) is 18.1 Å². The van der Waals surface area contributed by atoms with E-state index < -0.39 is 6.04 Å². The van der Waals surface area contributed by atoms with Crippen LogP contribution in [0, 0.1) is 5.92 Å². The highest BCUT2D eigenvalue weighted by atomic mass is 16.2. The molecule has 0 unspecified atom stereocenters. The van der Waals surface area contributed by atoms with Gasteiger partial charge in [0.1, 0.15) is 6.04 Å². The Balaban J connectivity index is 1.69. The standard InChI is InChI=1S/C20H21N3O2/c1-2-22-19(24)16-17(15-11-7-4-8-12-15)21-23(18(16)20(22)25)13-14-9-5-3-6-10-14/h3-12,16-18,21H,2,13H2,1H3/t16-,17+,18-/m0/s1. The van der Waals surface area contributed by atoms with Gasteiger partial charge in [-0.3, -0.25) is 14.5 Å². The fourth-order valence-electron chi connectivity index (χ4n) is 3.91. The van der Waals surface area contributed by atoms with Crippen LogP contribution in [0.25, 0.3) is 0 Å². The van der Waals surface area contributed by atoms with Gasteiger partial charge in [0.25, 0.3) is 0 Å². The third-order valence-electron chi connectivity index (χ3n) is 5.08. The monoisotopic (exact) mass is 335 g/mol. The minimum atomic E-state index is -0.446. The zero-order valence-electron chi connectivity index (χ0n) is 14.1. The summed E-state index contributed by atoms with van der Waals surface area (Å²) < 4.78 is 0. The molecule has 0 saturated carbocycles. The number of carbonyl (C=O) groups is 2. The topological polar surface area (TPSA) is 52.7 Å². The zero-order chi connectivity index (χ0) is 17.4. The Morgan fingerprint density at radius 3 is 2.20 bits per heavy atom. The van der Waals surface area contributed by atoms with E-state index in [0.717, 1.165) is 11.1 Å². The lowest BCUT2D eigenvalue weighted by Gasteiger charge is -2.24. The Labute approximate surface area is 147 Å². The smallest absolute Gasteiger partial charge is 0.248 e. The van der Waals surface area contributed by atoms with Crippen molar-refractivity contribution in [2.45, 2.75) is 25.6 Å². The van der Waals surface area contributed by atoms with Gasteiger partial charge in [-0.2, -0.15) is 0 Å². The summed E-state index contributed by atoms with van der Waals surface area (Å²) in [7, 11) is 0. The number of nitrogens with one attached hydrogen (secondary N) is 1. The molecule has 2 aliphatic rings. The maximum absolute atomic E-state index is 12.8. The normalized spacial score (nSPS) is 26.3. The van der Waals surface area contributed by atoms with Gasteiger partial charge in [0, 0.05) is 13.1 Å². The van der Waals surface area contributed by atoms with Crippen LogP contribution in [-0.2, 0) is 16.1 Å². The molecule has 2 saturated heterocycles. The maximum atomic E-state index is 12.8. The first-order valence-electron chi connectivity index (χ1n) is 8.67. The van der Waals surface area contributed by atoms with E-state index in [-0.39, 0.29) is 23.8 Å². The molecule has 4 rings (SSSR count). The van der Waals surface area contributed by atoms with E-state index >= 15 is 0 Å². The van der Waals surface area contributed by atoms with Gasteiger partial charge in [-0.1, -0.05) is 60.7 Å². The number of hydrogen-bond acceptors (Lipinski definition) is 4. The Hall–Kier alpha value is -2.50. The molecule has 25 heavy (non-hydrogen) atoms. The minimum Gasteiger partial charge on any atom is -0.281 e. The number of fused-ring (bicyclic) bond motifs is 1. The Bertz CT molecular complexity index is 778. The molecule has 2 fully saturated rings. The molecule has 2 aromatic rings. The van der Waals surface area contributed by atoms with Crippen molar-refractivity contribution in [1.29, 1.82) is 0 Å². The van der Waals surface area contributed by atoms with E-state index in [0.29, 0.717) is 13.1 Å². The molecule has 1 N–H and O–H groups in total. The summed E-state index contributed by atoms with van der Waals surface area (Å²) in [6.45, 7) is 2.86.